The lowest BCUT2D eigenvalue weighted by Gasteiger charge is -2.29. The minimum absolute atomic E-state index is 0.0223. The number of piperidine rings is 1. The average molecular weight is 304 g/mol. The van der Waals surface area contributed by atoms with Crippen molar-refractivity contribution in [2.24, 2.45) is 5.92 Å². The highest BCUT2D eigenvalue weighted by molar-refractivity contribution is 5.90. The number of carbonyl (C=O) groups is 2. The van der Waals surface area contributed by atoms with E-state index in [1.807, 2.05) is 31.2 Å². The molecule has 0 radical (unpaired) electrons. The molecule has 1 aliphatic heterocycles. The second kappa shape index (κ2) is 7.94. The Morgan fingerprint density at radius 2 is 1.86 bits per heavy atom. The number of nitrogens with zero attached hydrogens (tertiary/aromatic N) is 1. The maximum atomic E-state index is 11.3. The Bertz CT molecular complexity index is 505. The number of amides is 1. The highest BCUT2D eigenvalue weighted by Gasteiger charge is 2.23. The molecular formula is C17H24N2O3. The van der Waals surface area contributed by atoms with Crippen molar-refractivity contribution in [1.29, 1.82) is 0 Å². The van der Waals surface area contributed by atoms with Crippen molar-refractivity contribution in [1.82, 2.24) is 4.90 Å². The molecule has 5 nitrogen and oxygen atoms in total. The molecule has 0 unspecified atom stereocenters. The summed E-state index contributed by atoms with van der Waals surface area (Å²) in [6.07, 6.45) is 2.92. The Hall–Kier alpha value is -1.88. The summed E-state index contributed by atoms with van der Waals surface area (Å²) < 4.78 is 0. The SMILES string of the molecule is CCC(=O)Nc1ccc(CCN2CCC(C(=O)O)CC2)cc1. The third kappa shape index (κ3) is 4.84. The average Bonchev–Trinajstić information content (AvgIpc) is 2.54. The predicted molar refractivity (Wildman–Crippen MR) is 85.9 cm³/mol. The van der Waals surface area contributed by atoms with Crippen LogP contribution in [0.1, 0.15) is 31.7 Å². The molecule has 1 saturated heterocycles. The second-order valence-corrected chi connectivity index (χ2v) is 5.80. The van der Waals surface area contributed by atoms with E-state index < -0.39 is 5.97 Å². The van der Waals surface area contributed by atoms with Crippen LogP contribution in [-0.4, -0.2) is 41.5 Å². The first-order valence-corrected chi connectivity index (χ1v) is 7.92. The van der Waals surface area contributed by atoms with Gasteiger partial charge in [-0.05, 0) is 50.0 Å². The number of likely N-dealkylation sites (tertiary alicyclic amines) is 1. The van der Waals surface area contributed by atoms with Crippen LogP contribution in [-0.2, 0) is 16.0 Å². The van der Waals surface area contributed by atoms with E-state index in [1.165, 1.54) is 5.56 Å². The molecule has 0 bridgehead atoms. The molecule has 1 amide bonds. The van der Waals surface area contributed by atoms with Crippen LogP contribution in [0.2, 0.25) is 0 Å². The number of nitrogens with one attached hydrogen (secondary N) is 1. The molecule has 1 aromatic carbocycles. The van der Waals surface area contributed by atoms with Gasteiger partial charge in [0, 0.05) is 18.7 Å². The van der Waals surface area contributed by atoms with Gasteiger partial charge in [-0.15, -0.1) is 0 Å². The van der Waals surface area contributed by atoms with E-state index in [1.54, 1.807) is 0 Å². The molecule has 22 heavy (non-hydrogen) atoms. The highest BCUT2D eigenvalue weighted by atomic mass is 16.4. The van der Waals surface area contributed by atoms with Crippen LogP contribution < -0.4 is 5.32 Å². The molecule has 0 saturated carbocycles. The van der Waals surface area contributed by atoms with E-state index >= 15 is 0 Å². The molecule has 120 valence electrons. The quantitative estimate of drug-likeness (QED) is 0.846. The van der Waals surface area contributed by atoms with E-state index in [-0.39, 0.29) is 11.8 Å². The van der Waals surface area contributed by atoms with Gasteiger partial charge in [0.1, 0.15) is 0 Å². The number of carboxylic acids is 1. The van der Waals surface area contributed by atoms with Crippen molar-refractivity contribution in [2.75, 3.05) is 25.0 Å². The van der Waals surface area contributed by atoms with Crippen molar-refractivity contribution in [3.05, 3.63) is 29.8 Å². The minimum Gasteiger partial charge on any atom is -0.481 e. The number of rotatable bonds is 6. The zero-order valence-corrected chi connectivity index (χ0v) is 13.0. The molecule has 1 aliphatic rings. The smallest absolute Gasteiger partial charge is 0.306 e. The molecule has 1 fully saturated rings. The Kier molecular flexibility index (Phi) is 5.95. The first kappa shape index (κ1) is 16.5. The van der Waals surface area contributed by atoms with Crippen LogP contribution in [0.4, 0.5) is 5.69 Å². The summed E-state index contributed by atoms with van der Waals surface area (Å²) in [4.78, 5) is 24.6. The van der Waals surface area contributed by atoms with Gasteiger partial charge in [-0.3, -0.25) is 9.59 Å². The van der Waals surface area contributed by atoms with Gasteiger partial charge in [0.2, 0.25) is 5.91 Å². The monoisotopic (exact) mass is 304 g/mol. The first-order chi connectivity index (χ1) is 10.6. The normalized spacial score (nSPS) is 16.4. The van der Waals surface area contributed by atoms with E-state index in [9.17, 15) is 9.59 Å². The molecule has 0 aromatic heterocycles. The molecule has 0 atom stereocenters. The van der Waals surface area contributed by atoms with Gasteiger partial charge in [-0.2, -0.15) is 0 Å². The van der Waals surface area contributed by atoms with Crippen molar-refractivity contribution in [3.8, 4) is 0 Å². The Balaban J connectivity index is 1.75. The zero-order chi connectivity index (χ0) is 15.9. The van der Waals surface area contributed by atoms with E-state index in [4.69, 9.17) is 5.11 Å². The molecule has 0 spiro atoms. The highest BCUT2D eigenvalue weighted by Crippen LogP contribution is 2.18. The minimum atomic E-state index is -0.663. The van der Waals surface area contributed by atoms with Crippen LogP contribution >= 0.6 is 0 Å². The summed E-state index contributed by atoms with van der Waals surface area (Å²) in [7, 11) is 0. The fourth-order valence-electron chi connectivity index (χ4n) is 2.69. The number of aliphatic carboxylic acids is 1. The largest absolute Gasteiger partial charge is 0.481 e. The van der Waals surface area contributed by atoms with Crippen molar-refractivity contribution in [3.63, 3.8) is 0 Å². The van der Waals surface area contributed by atoms with Gasteiger partial charge in [0.05, 0.1) is 5.92 Å². The van der Waals surface area contributed by atoms with Crippen LogP contribution in [0.25, 0.3) is 0 Å². The lowest BCUT2D eigenvalue weighted by molar-refractivity contribution is -0.143. The third-order valence-electron chi connectivity index (χ3n) is 4.21. The topological polar surface area (TPSA) is 69.6 Å². The molecular weight excluding hydrogens is 280 g/mol. The number of carboxylic acid groups (broad SMARTS) is 1. The second-order valence-electron chi connectivity index (χ2n) is 5.80. The standard InChI is InChI=1S/C17H24N2O3/c1-2-16(20)18-15-5-3-13(4-6-15)7-10-19-11-8-14(9-12-19)17(21)22/h3-6,14H,2,7-12H2,1H3,(H,18,20)(H,21,22). The maximum Gasteiger partial charge on any atom is 0.306 e. The van der Waals surface area contributed by atoms with Gasteiger partial charge in [0.25, 0.3) is 0 Å². The van der Waals surface area contributed by atoms with Crippen LogP contribution in [0, 0.1) is 5.92 Å². The molecule has 0 aliphatic carbocycles. The van der Waals surface area contributed by atoms with Gasteiger partial charge in [-0.1, -0.05) is 19.1 Å². The Morgan fingerprint density at radius 3 is 2.41 bits per heavy atom. The number of benzene rings is 1. The first-order valence-electron chi connectivity index (χ1n) is 7.92. The summed E-state index contributed by atoms with van der Waals surface area (Å²) in [5.74, 6) is -0.809. The molecule has 5 heteroatoms. The number of hydrogen-bond acceptors (Lipinski definition) is 3. The van der Waals surface area contributed by atoms with Gasteiger partial charge >= 0.3 is 5.97 Å². The van der Waals surface area contributed by atoms with Crippen LogP contribution in [0.5, 0.6) is 0 Å². The summed E-state index contributed by atoms with van der Waals surface area (Å²) in [5, 5.41) is 11.8. The van der Waals surface area contributed by atoms with E-state index in [0.29, 0.717) is 6.42 Å². The maximum absolute atomic E-state index is 11.3. The fourth-order valence-corrected chi connectivity index (χ4v) is 2.69. The van der Waals surface area contributed by atoms with Crippen LogP contribution in [0.3, 0.4) is 0 Å². The number of anilines is 1. The zero-order valence-electron chi connectivity index (χ0n) is 13.0. The van der Waals surface area contributed by atoms with Gasteiger partial charge in [-0.25, -0.2) is 0 Å². The third-order valence-corrected chi connectivity index (χ3v) is 4.21. The molecule has 1 heterocycles. The van der Waals surface area contributed by atoms with Crippen LogP contribution in [0.15, 0.2) is 24.3 Å². The van der Waals surface area contributed by atoms with Gasteiger partial charge in [0.15, 0.2) is 0 Å². The van der Waals surface area contributed by atoms with E-state index in [0.717, 1.165) is 44.6 Å². The fraction of sp³-hybridized carbons (Fsp3) is 0.529. The lowest BCUT2D eigenvalue weighted by atomic mass is 9.97. The van der Waals surface area contributed by atoms with E-state index in [2.05, 4.69) is 10.2 Å². The van der Waals surface area contributed by atoms with Crippen molar-refractivity contribution >= 4 is 17.6 Å². The molecule has 2 rings (SSSR count). The summed E-state index contributed by atoms with van der Waals surface area (Å²) in [6, 6.07) is 7.93. The number of carbonyl (C=O) groups excluding carboxylic acids is 1. The Labute approximate surface area is 131 Å². The van der Waals surface area contributed by atoms with Crippen molar-refractivity contribution in [2.45, 2.75) is 32.6 Å². The predicted octanol–water partition coefficient (Wildman–Crippen LogP) is 2.37. The number of hydrogen-bond donors (Lipinski definition) is 2. The summed E-state index contributed by atoms with van der Waals surface area (Å²) in [6.45, 7) is 4.51. The Morgan fingerprint density at radius 1 is 1.23 bits per heavy atom. The van der Waals surface area contributed by atoms with Gasteiger partial charge < -0.3 is 15.3 Å². The molecule has 1 aromatic rings. The molecule has 2 N–H and O–H groups in total. The van der Waals surface area contributed by atoms with Crippen molar-refractivity contribution < 1.29 is 14.7 Å². The summed E-state index contributed by atoms with van der Waals surface area (Å²) in [5.41, 5.74) is 2.06. The lowest BCUT2D eigenvalue weighted by Crippen LogP contribution is -2.37. The summed E-state index contributed by atoms with van der Waals surface area (Å²) >= 11 is 0.